The van der Waals surface area contributed by atoms with E-state index in [-0.39, 0.29) is 6.04 Å². The first-order chi connectivity index (χ1) is 11.8. The molecule has 0 aliphatic carbocycles. The predicted octanol–water partition coefficient (Wildman–Crippen LogP) is 3.60. The van der Waals surface area contributed by atoms with Crippen LogP contribution < -0.4 is 5.32 Å². The Hall–Kier alpha value is -2.95. The summed E-state index contributed by atoms with van der Waals surface area (Å²) >= 11 is 0. The van der Waals surface area contributed by atoms with Gasteiger partial charge in [0.2, 0.25) is 5.95 Å². The number of allylic oxidation sites excluding steroid dienone is 1. The molecule has 1 aliphatic rings. The normalized spacial score (nSPS) is 16.2. The molecule has 0 saturated heterocycles. The van der Waals surface area contributed by atoms with E-state index >= 15 is 0 Å². The lowest BCUT2D eigenvalue weighted by molar-refractivity contribution is 0.583. The van der Waals surface area contributed by atoms with Crippen molar-refractivity contribution in [1.82, 2.24) is 20.2 Å². The Bertz CT molecular complexity index is 892. The molecule has 120 valence electrons. The number of tetrazole rings is 1. The Labute approximate surface area is 141 Å². The fraction of sp³-hybridized carbons (Fsp3) is 0.211. The van der Waals surface area contributed by atoms with Crippen LogP contribution in [0.1, 0.15) is 35.2 Å². The van der Waals surface area contributed by atoms with E-state index < -0.39 is 0 Å². The molecule has 1 aliphatic heterocycles. The van der Waals surface area contributed by atoms with Crippen molar-refractivity contribution < 1.29 is 0 Å². The maximum Gasteiger partial charge on any atom is 0.248 e. The van der Waals surface area contributed by atoms with Crippen LogP contribution in [0.15, 0.2) is 54.6 Å². The average Bonchev–Trinajstić information content (AvgIpc) is 3.10. The monoisotopic (exact) mass is 317 g/mol. The number of hydrogen-bond donors (Lipinski definition) is 1. The summed E-state index contributed by atoms with van der Waals surface area (Å²) in [5.41, 5.74) is 5.93. The number of fused-ring (bicyclic) bond motifs is 1. The molecule has 1 atom stereocenters. The van der Waals surface area contributed by atoms with Crippen LogP contribution in [0.3, 0.4) is 0 Å². The molecule has 1 N–H and O–H groups in total. The molecule has 4 rings (SSSR count). The highest BCUT2D eigenvalue weighted by Crippen LogP contribution is 2.32. The summed E-state index contributed by atoms with van der Waals surface area (Å²) in [7, 11) is 0. The Morgan fingerprint density at radius 3 is 2.62 bits per heavy atom. The third kappa shape index (κ3) is 2.48. The zero-order chi connectivity index (χ0) is 16.5. The van der Waals surface area contributed by atoms with Gasteiger partial charge in [-0.05, 0) is 52.1 Å². The highest BCUT2D eigenvalue weighted by molar-refractivity contribution is 5.77. The van der Waals surface area contributed by atoms with E-state index in [0.717, 1.165) is 17.7 Å². The molecule has 0 amide bonds. The molecule has 0 bridgehead atoms. The van der Waals surface area contributed by atoms with E-state index in [1.807, 2.05) is 4.68 Å². The van der Waals surface area contributed by atoms with Crippen molar-refractivity contribution >= 4 is 11.6 Å². The Morgan fingerprint density at radius 1 is 1.08 bits per heavy atom. The first-order valence-electron chi connectivity index (χ1n) is 8.18. The molecule has 3 aromatic rings. The van der Waals surface area contributed by atoms with Crippen molar-refractivity contribution in [2.75, 3.05) is 5.32 Å². The molecule has 0 unspecified atom stereocenters. The summed E-state index contributed by atoms with van der Waals surface area (Å²) in [6.45, 7) is 4.28. The minimum Gasteiger partial charge on any atom is -0.323 e. The van der Waals surface area contributed by atoms with E-state index in [1.54, 1.807) is 0 Å². The first kappa shape index (κ1) is 14.6. The molecule has 1 aromatic heterocycles. The second kappa shape index (κ2) is 5.92. The zero-order valence-electron chi connectivity index (χ0n) is 13.8. The van der Waals surface area contributed by atoms with E-state index in [4.69, 9.17) is 0 Å². The number of nitrogens with one attached hydrogen (secondary N) is 1. The van der Waals surface area contributed by atoms with Crippen molar-refractivity contribution in [3.63, 3.8) is 0 Å². The van der Waals surface area contributed by atoms with Gasteiger partial charge in [0.1, 0.15) is 6.04 Å². The summed E-state index contributed by atoms with van der Waals surface area (Å²) in [5, 5.41) is 15.5. The minimum atomic E-state index is -0.0155. The van der Waals surface area contributed by atoms with Gasteiger partial charge in [-0.3, -0.25) is 0 Å². The SMILES string of the molecule is CCc1ccc(C2=C[C@@H](c3ccccc3C)n3nnnc3N2)cc1. The van der Waals surface area contributed by atoms with E-state index in [9.17, 15) is 0 Å². The Morgan fingerprint density at radius 2 is 1.88 bits per heavy atom. The maximum atomic E-state index is 4.16. The predicted molar refractivity (Wildman–Crippen MR) is 94.6 cm³/mol. The first-order valence-corrected chi connectivity index (χ1v) is 8.18. The molecular weight excluding hydrogens is 298 g/mol. The molecule has 5 nitrogen and oxygen atoms in total. The molecule has 2 heterocycles. The van der Waals surface area contributed by atoms with Crippen LogP contribution in [0.2, 0.25) is 0 Å². The van der Waals surface area contributed by atoms with Gasteiger partial charge < -0.3 is 5.32 Å². The molecular formula is C19H19N5. The highest BCUT2D eigenvalue weighted by Gasteiger charge is 2.25. The largest absolute Gasteiger partial charge is 0.323 e. The van der Waals surface area contributed by atoms with Gasteiger partial charge in [-0.25, -0.2) is 0 Å². The lowest BCUT2D eigenvalue weighted by Gasteiger charge is -2.24. The number of hydrogen-bond acceptors (Lipinski definition) is 4. The Kier molecular flexibility index (Phi) is 3.61. The van der Waals surface area contributed by atoms with Crippen LogP contribution in [0.25, 0.3) is 5.70 Å². The third-order valence-electron chi connectivity index (χ3n) is 4.51. The van der Waals surface area contributed by atoms with Gasteiger partial charge in [0.05, 0.1) is 0 Å². The van der Waals surface area contributed by atoms with E-state index in [1.165, 1.54) is 16.7 Å². The number of benzene rings is 2. The molecule has 0 spiro atoms. The van der Waals surface area contributed by atoms with Crippen molar-refractivity contribution in [1.29, 1.82) is 0 Å². The quantitative estimate of drug-likeness (QED) is 0.802. The number of anilines is 1. The van der Waals surface area contributed by atoms with Crippen LogP contribution in [0.4, 0.5) is 5.95 Å². The number of nitrogens with zero attached hydrogens (tertiary/aromatic N) is 4. The van der Waals surface area contributed by atoms with Gasteiger partial charge in [-0.2, -0.15) is 4.68 Å². The maximum absolute atomic E-state index is 4.16. The van der Waals surface area contributed by atoms with Gasteiger partial charge in [0.25, 0.3) is 0 Å². The van der Waals surface area contributed by atoms with Crippen molar-refractivity contribution in [2.24, 2.45) is 0 Å². The zero-order valence-corrected chi connectivity index (χ0v) is 13.8. The summed E-state index contributed by atoms with van der Waals surface area (Å²) in [5.74, 6) is 0.667. The van der Waals surface area contributed by atoms with E-state index in [0.29, 0.717) is 5.95 Å². The highest BCUT2D eigenvalue weighted by atomic mass is 15.6. The average molecular weight is 317 g/mol. The van der Waals surface area contributed by atoms with Crippen LogP contribution in [-0.4, -0.2) is 20.2 Å². The van der Waals surface area contributed by atoms with Crippen LogP contribution in [0.5, 0.6) is 0 Å². The second-order valence-corrected chi connectivity index (χ2v) is 6.00. The number of rotatable bonds is 3. The molecule has 24 heavy (non-hydrogen) atoms. The lowest BCUT2D eigenvalue weighted by atomic mass is 9.97. The van der Waals surface area contributed by atoms with E-state index in [2.05, 4.69) is 89.3 Å². The molecule has 0 fully saturated rings. The minimum absolute atomic E-state index is 0.0155. The fourth-order valence-corrected chi connectivity index (χ4v) is 3.08. The van der Waals surface area contributed by atoms with Gasteiger partial charge in [-0.1, -0.05) is 60.6 Å². The van der Waals surface area contributed by atoms with Gasteiger partial charge in [0, 0.05) is 5.70 Å². The number of aromatic nitrogens is 4. The summed E-state index contributed by atoms with van der Waals surface area (Å²) in [6, 6.07) is 17.0. The van der Waals surface area contributed by atoms with Crippen LogP contribution in [-0.2, 0) is 6.42 Å². The number of aryl methyl sites for hydroxylation is 2. The van der Waals surface area contributed by atoms with Gasteiger partial charge >= 0.3 is 0 Å². The smallest absolute Gasteiger partial charge is 0.248 e. The lowest BCUT2D eigenvalue weighted by Crippen LogP contribution is -2.20. The standard InChI is InChI=1S/C19H19N5/c1-3-14-8-10-15(11-9-14)17-12-18(16-7-5-4-6-13(16)2)24-19(20-17)21-22-23-24/h4-12,18H,3H2,1-2H3,(H,20,21,23)/t18-/m0/s1. The van der Waals surface area contributed by atoms with Gasteiger partial charge in [0.15, 0.2) is 0 Å². The van der Waals surface area contributed by atoms with Crippen LogP contribution in [0, 0.1) is 6.92 Å². The molecule has 0 radical (unpaired) electrons. The molecule has 0 saturated carbocycles. The fourth-order valence-electron chi connectivity index (χ4n) is 3.08. The van der Waals surface area contributed by atoms with Gasteiger partial charge in [-0.15, -0.1) is 0 Å². The van der Waals surface area contributed by atoms with Crippen LogP contribution >= 0.6 is 0 Å². The Balaban J connectivity index is 1.80. The summed E-state index contributed by atoms with van der Waals surface area (Å²) in [4.78, 5) is 0. The summed E-state index contributed by atoms with van der Waals surface area (Å²) < 4.78 is 1.83. The van der Waals surface area contributed by atoms with Crippen molar-refractivity contribution in [3.05, 3.63) is 76.9 Å². The summed E-state index contributed by atoms with van der Waals surface area (Å²) in [6.07, 6.45) is 3.23. The topological polar surface area (TPSA) is 55.6 Å². The third-order valence-corrected chi connectivity index (χ3v) is 4.51. The van der Waals surface area contributed by atoms with Crippen molar-refractivity contribution in [2.45, 2.75) is 26.3 Å². The molecule has 2 aromatic carbocycles. The van der Waals surface area contributed by atoms with Crippen molar-refractivity contribution in [3.8, 4) is 0 Å². The second-order valence-electron chi connectivity index (χ2n) is 6.00. The molecule has 5 heteroatoms.